The zero-order chi connectivity index (χ0) is 22.6. The topological polar surface area (TPSA) is 90.7 Å². The molecule has 2 aliphatic heterocycles. The van der Waals surface area contributed by atoms with E-state index in [9.17, 15) is 14.4 Å². The maximum Gasteiger partial charge on any atom is 0.355 e. The Balaban J connectivity index is 0.00000259. The highest BCUT2D eigenvalue weighted by Crippen LogP contribution is 2.40. The summed E-state index contributed by atoms with van der Waals surface area (Å²) in [5.41, 5.74) is 1.89. The molecule has 5 rings (SSSR count). The van der Waals surface area contributed by atoms with Gasteiger partial charge in [-0.2, -0.15) is 0 Å². The lowest BCUT2D eigenvalue weighted by atomic mass is 9.85. The minimum atomic E-state index is -1.66. The molecule has 3 aromatic rings. The molecule has 1 unspecified atom stereocenters. The van der Waals surface area contributed by atoms with E-state index in [1.54, 1.807) is 36.6 Å². The number of hydrogen-bond acceptors (Lipinski definition) is 7. The third-order valence-corrected chi connectivity index (χ3v) is 6.12. The molecule has 2 aliphatic rings. The van der Waals surface area contributed by atoms with Crippen LogP contribution in [-0.4, -0.2) is 47.0 Å². The number of likely N-dealkylation sites (N-methyl/N-ethyl adjacent to an activating group) is 1. The van der Waals surface area contributed by atoms with Gasteiger partial charge in [-0.05, 0) is 38.7 Å². The number of cyclic esters (lactones) is 1. The van der Waals surface area contributed by atoms with E-state index in [2.05, 4.69) is 0 Å². The number of aromatic nitrogens is 2. The van der Waals surface area contributed by atoms with Crippen LogP contribution in [0.1, 0.15) is 30.0 Å². The second-order valence-electron chi connectivity index (χ2n) is 8.47. The van der Waals surface area contributed by atoms with Crippen LogP contribution in [0.2, 0.25) is 0 Å². The molecule has 9 heteroatoms. The van der Waals surface area contributed by atoms with Gasteiger partial charge in [0.2, 0.25) is 5.60 Å². The highest BCUT2D eigenvalue weighted by molar-refractivity contribution is 5.88. The summed E-state index contributed by atoms with van der Waals surface area (Å²) in [4.78, 5) is 45.3. The summed E-state index contributed by atoms with van der Waals surface area (Å²) >= 11 is 0. The van der Waals surface area contributed by atoms with Crippen molar-refractivity contribution >= 4 is 35.2 Å². The van der Waals surface area contributed by atoms with E-state index in [4.69, 9.17) is 14.5 Å². The Morgan fingerprint density at radius 3 is 2.73 bits per heavy atom. The average Bonchev–Trinajstić information content (AvgIpc) is 3.11. The van der Waals surface area contributed by atoms with E-state index in [1.165, 1.54) is 0 Å². The van der Waals surface area contributed by atoms with Gasteiger partial charge in [0.25, 0.3) is 5.56 Å². The van der Waals surface area contributed by atoms with Crippen LogP contribution in [0.25, 0.3) is 22.3 Å². The Morgan fingerprint density at radius 1 is 1.24 bits per heavy atom. The van der Waals surface area contributed by atoms with Crippen molar-refractivity contribution in [2.45, 2.75) is 32.1 Å². The third-order valence-electron chi connectivity index (χ3n) is 6.12. The van der Waals surface area contributed by atoms with Crippen molar-refractivity contribution in [3.8, 4) is 11.4 Å². The van der Waals surface area contributed by atoms with Crippen molar-refractivity contribution in [1.29, 1.82) is 0 Å². The Labute approximate surface area is 196 Å². The van der Waals surface area contributed by atoms with Crippen LogP contribution >= 0.6 is 12.4 Å². The minimum absolute atomic E-state index is 0. The van der Waals surface area contributed by atoms with Crippen LogP contribution < -0.4 is 5.56 Å². The minimum Gasteiger partial charge on any atom is -0.457 e. The summed E-state index contributed by atoms with van der Waals surface area (Å²) in [6, 6.07) is 11.6. The number of nitrogens with zero attached hydrogens (tertiary/aromatic N) is 3. The molecular weight excluding hydrogens is 446 g/mol. The fourth-order valence-corrected chi connectivity index (χ4v) is 4.57. The summed E-state index contributed by atoms with van der Waals surface area (Å²) in [7, 11) is 3.47. The number of hydrogen-bond donors (Lipinski definition) is 0. The Kier molecular flexibility index (Phi) is 5.76. The normalized spacial score (nSPS) is 18.2. The number of fused-ring (bicyclic) bond motifs is 5. The van der Waals surface area contributed by atoms with Crippen molar-refractivity contribution in [1.82, 2.24) is 14.5 Å². The first kappa shape index (κ1) is 22.9. The van der Waals surface area contributed by atoms with Gasteiger partial charge in [0.15, 0.2) is 0 Å². The largest absolute Gasteiger partial charge is 0.457 e. The Hall–Kier alpha value is -3.23. The summed E-state index contributed by atoms with van der Waals surface area (Å²) < 4.78 is 12.7. The number of ether oxygens (including phenoxy) is 2. The molecule has 8 nitrogen and oxygen atoms in total. The molecule has 33 heavy (non-hydrogen) atoms. The second kappa shape index (κ2) is 8.28. The molecule has 172 valence electrons. The number of halogens is 1. The Morgan fingerprint density at radius 2 is 2.00 bits per heavy atom. The van der Waals surface area contributed by atoms with Gasteiger partial charge in [0, 0.05) is 16.5 Å². The van der Waals surface area contributed by atoms with Crippen LogP contribution in [0.3, 0.4) is 0 Å². The van der Waals surface area contributed by atoms with E-state index in [1.807, 2.05) is 30.3 Å². The summed E-state index contributed by atoms with van der Waals surface area (Å²) in [5.74, 6) is -1.22. The molecule has 0 fully saturated rings. The quantitative estimate of drug-likeness (QED) is 0.424. The predicted molar refractivity (Wildman–Crippen MR) is 124 cm³/mol. The fraction of sp³-hybridized carbons (Fsp3) is 0.333. The van der Waals surface area contributed by atoms with E-state index >= 15 is 0 Å². The van der Waals surface area contributed by atoms with Crippen molar-refractivity contribution < 1.29 is 19.1 Å². The number of esters is 2. The highest BCUT2D eigenvalue weighted by atomic mass is 35.5. The predicted octanol–water partition coefficient (Wildman–Crippen LogP) is 2.61. The zero-order valence-electron chi connectivity index (χ0n) is 18.6. The summed E-state index contributed by atoms with van der Waals surface area (Å²) in [6.45, 7) is 1.99. The van der Waals surface area contributed by atoms with Crippen LogP contribution in [0, 0.1) is 0 Å². The van der Waals surface area contributed by atoms with Gasteiger partial charge >= 0.3 is 11.9 Å². The average molecular weight is 470 g/mol. The van der Waals surface area contributed by atoms with Gasteiger partial charge in [0.05, 0.1) is 35.6 Å². The van der Waals surface area contributed by atoms with Crippen LogP contribution in [0.5, 0.6) is 0 Å². The Bertz CT molecular complexity index is 1350. The van der Waals surface area contributed by atoms with Gasteiger partial charge in [-0.25, -0.2) is 9.78 Å². The molecule has 1 atom stereocenters. The number of carbonyl (C=O) groups is 2. The van der Waals surface area contributed by atoms with Crippen LogP contribution in [-0.2, 0) is 37.8 Å². The highest BCUT2D eigenvalue weighted by Gasteiger charge is 2.50. The molecule has 0 N–H and O–H groups in total. The van der Waals surface area contributed by atoms with Gasteiger partial charge < -0.3 is 14.0 Å². The van der Waals surface area contributed by atoms with Crippen molar-refractivity contribution in [3.05, 3.63) is 63.4 Å². The SMILES string of the molecule is CCC1(OC(=O)CN(C)C)C(=O)OCc2c1cc1n(c2=O)Cc2cc3ccccc3nc2-1.Cl. The summed E-state index contributed by atoms with van der Waals surface area (Å²) in [5, 5.41) is 0.996. The molecule has 2 aromatic heterocycles. The van der Waals surface area contributed by atoms with Crippen LogP contribution in [0.4, 0.5) is 0 Å². The lowest BCUT2D eigenvalue weighted by Crippen LogP contribution is -2.48. The van der Waals surface area contributed by atoms with Crippen LogP contribution in [0.15, 0.2) is 41.2 Å². The van der Waals surface area contributed by atoms with E-state index in [-0.39, 0.29) is 37.5 Å². The van der Waals surface area contributed by atoms with Gasteiger partial charge in [-0.15, -0.1) is 12.4 Å². The number of benzene rings is 1. The molecule has 0 saturated heterocycles. The lowest BCUT2D eigenvalue weighted by molar-refractivity contribution is -0.189. The van der Waals surface area contributed by atoms with Crippen molar-refractivity contribution in [2.24, 2.45) is 0 Å². The van der Waals surface area contributed by atoms with Crippen molar-refractivity contribution in [2.75, 3.05) is 20.6 Å². The molecule has 0 saturated carbocycles. The zero-order valence-corrected chi connectivity index (χ0v) is 19.4. The number of carbonyl (C=O) groups excluding carboxylic acids is 2. The van der Waals surface area contributed by atoms with E-state index < -0.39 is 17.5 Å². The molecule has 0 bridgehead atoms. The first-order valence-corrected chi connectivity index (χ1v) is 10.5. The van der Waals surface area contributed by atoms with E-state index in [0.29, 0.717) is 29.1 Å². The number of rotatable bonds is 4. The molecule has 4 heterocycles. The van der Waals surface area contributed by atoms with E-state index in [0.717, 1.165) is 16.5 Å². The molecule has 0 aliphatic carbocycles. The van der Waals surface area contributed by atoms with Gasteiger partial charge in [-0.1, -0.05) is 25.1 Å². The third kappa shape index (κ3) is 3.50. The van der Waals surface area contributed by atoms with Gasteiger partial charge in [0.1, 0.15) is 6.61 Å². The fourth-order valence-electron chi connectivity index (χ4n) is 4.57. The molecule has 1 aromatic carbocycles. The van der Waals surface area contributed by atoms with Crippen molar-refractivity contribution in [3.63, 3.8) is 0 Å². The smallest absolute Gasteiger partial charge is 0.355 e. The second-order valence-corrected chi connectivity index (χ2v) is 8.47. The maximum atomic E-state index is 13.4. The molecular formula is C24H24ClN3O5. The molecule has 0 spiro atoms. The number of pyridine rings is 2. The molecule has 0 amide bonds. The first-order chi connectivity index (χ1) is 15.3. The maximum absolute atomic E-state index is 13.4. The van der Waals surface area contributed by atoms with Gasteiger partial charge in [-0.3, -0.25) is 14.5 Å². The monoisotopic (exact) mass is 469 g/mol. The first-order valence-electron chi connectivity index (χ1n) is 10.5. The lowest BCUT2D eigenvalue weighted by Gasteiger charge is -2.35. The summed E-state index contributed by atoms with van der Waals surface area (Å²) in [6.07, 6.45) is 0.152. The number of para-hydroxylation sites is 1. The molecule has 0 radical (unpaired) electrons. The standard InChI is InChI=1S/C24H23N3O5.ClH/c1-4-24(32-20(28)12-26(2)3)17-10-19-21-15(9-14-7-5-6-8-18(14)25-21)11-27(19)22(29)16(17)13-31-23(24)30;/h5-10H,4,11-13H2,1-3H3;1H.